The predicted octanol–water partition coefficient (Wildman–Crippen LogP) is 1.45. The minimum Gasteiger partial charge on any atom is -0.319 e. The van der Waals surface area contributed by atoms with Gasteiger partial charge in [-0.15, -0.1) is 0 Å². The van der Waals surface area contributed by atoms with Crippen molar-refractivity contribution in [3.63, 3.8) is 0 Å². The number of nitrogens with two attached hydrogens (primary N) is 1. The minimum atomic E-state index is -0.445. The average molecular weight is 204 g/mol. The van der Waals surface area contributed by atoms with Crippen LogP contribution in [0.4, 0.5) is 4.39 Å². The largest absolute Gasteiger partial charge is 0.319 e. The standard InChI is InChI=1S/C8H11ClFN3/c9-6-5-12-7(8(11)1-2-8)13(6)4-3-10/h5H,1-4,11H2. The van der Waals surface area contributed by atoms with Gasteiger partial charge in [-0.2, -0.15) is 0 Å². The van der Waals surface area contributed by atoms with Crippen LogP contribution >= 0.6 is 11.6 Å². The summed E-state index contributed by atoms with van der Waals surface area (Å²) < 4.78 is 13.8. The molecule has 2 rings (SSSR count). The van der Waals surface area contributed by atoms with Crippen LogP contribution in [0.5, 0.6) is 0 Å². The summed E-state index contributed by atoms with van der Waals surface area (Å²) in [4.78, 5) is 4.11. The molecule has 0 atom stereocenters. The van der Waals surface area contributed by atoms with Gasteiger partial charge in [0.2, 0.25) is 0 Å². The van der Waals surface area contributed by atoms with Crippen molar-refractivity contribution in [3.8, 4) is 0 Å². The lowest BCUT2D eigenvalue weighted by molar-refractivity contribution is 0.431. The summed E-state index contributed by atoms with van der Waals surface area (Å²) in [7, 11) is 0. The van der Waals surface area contributed by atoms with Gasteiger partial charge in [0.05, 0.1) is 18.3 Å². The van der Waals surface area contributed by atoms with Crippen molar-refractivity contribution in [2.24, 2.45) is 5.73 Å². The molecular formula is C8H11ClFN3. The molecule has 1 heterocycles. The topological polar surface area (TPSA) is 43.8 Å². The van der Waals surface area contributed by atoms with E-state index in [0.717, 1.165) is 18.7 Å². The molecule has 72 valence electrons. The van der Waals surface area contributed by atoms with E-state index in [0.29, 0.717) is 5.15 Å². The number of halogens is 2. The van der Waals surface area contributed by atoms with Crippen LogP contribution in [0.15, 0.2) is 6.20 Å². The van der Waals surface area contributed by atoms with Crippen LogP contribution in [0.1, 0.15) is 18.7 Å². The Morgan fingerprint density at radius 1 is 1.69 bits per heavy atom. The smallest absolute Gasteiger partial charge is 0.130 e. The second-order valence-electron chi connectivity index (χ2n) is 3.40. The second kappa shape index (κ2) is 2.96. The van der Waals surface area contributed by atoms with Crippen molar-refractivity contribution in [2.75, 3.05) is 6.67 Å². The molecule has 1 aliphatic rings. The van der Waals surface area contributed by atoms with E-state index in [4.69, 9.17) is 17.3 Å². The van der Waals surface area contributed by atoms with Crippen LogP contribution in [-0.4, -0.2) is 16.2 Å². The molecule has 13 heavy (non-hydrogen) atoms. The van der Waals surface area contributed by atoms with Crippen LogP contribution in [-0.2, 0) is 12.1 Å². The van der Waals surface area contributed by atoms with Crippen LogP contribution in [0.25, 0.3) is 0 Å². The zero-order valence-electron chi connectivity index (χ0n) is 7.13. The molecule has 5 heteroatoms. The normalized spacial score (nSPS) is 19.0. The van der Waals surface area contributed by atoms with Crippen molar-refractivity contribution < 1.29 is 4.39 Å². The van der Waals surface area contributed by atoms with Crippen LogP contribution in [0.2, 0.25) is 5.15 Å². The van der Waals surface area contributed by atoms with Gasteiger partial charge < -0.3 is 10.3 Å². The van der Waals surface area contributed by atoms with Crippen molar-refractivity contribution in [3.05, 3.63) is 17.2 Å². The van der Waals surface area contributed by atoms with E-state index in [9.17, 15) is 4.39 Å². The summed E-state index contributed by atoms with van der Waals surface area (Å²) in [5, 5.41) is 0.462. The second-order valence-corrected chi connectivity index (χ2v) is 3.79. The Labute approximate surface area is 80.7 Å². The minimum absolute atomic E-state index is 0.243. The van der Waals surface area contributed by atoms with Gasteiger partial charge in [-0.25, -0.2) is 9.37 Å². The van der Waals surface area contributed by atoms with E-state index in [1.165, 1.54) is 6.20 Å². The van der Waals surface area contributed by atoms with Gasteiger partial charge in [-0.05, 0) is 12.8 Å². The number of imidazole rings is 1. The van der Waals surface area contributed by atoms with Gasteiger partial charge in [-0.1, -0.05) is 11.6 Å². The number of alkyl halides is 1. The number of nitrogens with zero attached hydrogens (tertiary/aromatic N) is 2. The first-order valence-electron chi connectivity index (χ1n) is 4.24. The van der Waals surface area contributed by atoms with Gasteiger partial charge >= 0.3 is 0 Å². The maximum absolute atomic E-state index is 12.2. The molecule has 0 amide bonds. The van der Waals surface area contributed by atoms with E-state index in [-0.39, 0.29) is 12.1 Å². The van der Waals surface area contributed by atoms with Crippen LogP contribution in [0, 0.1) is 0 Å². The van der Waals surface area contributed by atoms with Gasteiger partial charge in [0, 0.05) is 0 Å². The molecule has 1 aromatic heterocycles. The molecule has 0 radical (unpaired) electrons. The van der Waals surface area contributed by atoms with Crippen LogP contribution < -0.4 is 5.73 Å². The molecule has 1 saturated carbocycles. The summed E-state index contributed by atoms with van der Waals surface area (Å²) in [5.41, 5.74) is 5.60. The SMILES string of the molecule is NC1(c2ncc(Cl)n2CCF)CC1. The predicted molar refractivity (Wildman–Crippen MR) is 48.3 cm³/mol. The van der Waals surface area contributed by atoms with Crippen molar-refractivity contribution in [1.82, 2.24) is 9.55 Å². The third kappa shape index (κ3) is 1.44. The lowest BCUT2D eigenvalue weighted by atomic mass is 10.3. The summed E-state index contributed by atoms with van der Waals surface area (Å²) in [5.74, 6) is 0.718. The lowest BCUT2D eigenvalue weighted by Crippen LogP contribution is -2.24. The zero-order chi connectivity index (χ0) is 9.47. The monoisotopic (exact) mass is 203 g/mol. The maximum Gasteiger partial charge on any atom is 0.130 e. The molecule has 2 N–H and O–H groups in total. The number of hydrogen-bond donors (Lipinski definition) is 1. The molecule has 0 aliphatic heterocycles. The summed E-state index contributed by atoms with van der Waals surface area (Å²) >= 11 is 5.84. The highest BCUT2D eigenvalue weighted by Crippen LogP contribution is 2.42. The summed E-state index contributed by atoms with van der Waals surface area (Å²) in [6.45, 7) is -0.202. The highest BCUT2D eigenvalue weighted by atomic mass is 35.5. The van der Waals surface area contributed by atoms with Gasteiger partial charge in [0.15, 0.2) is 0 Å². The Morgan fingerprint density at radius 3 is 2.92 bits per heavy atom. The zero-order valence-corrected chi connectivity index (χ0v) is 7.89. The van der Waals surface area contributed by atoms with E-state index in [1.807, 2.05) is 0 Å². The lowest BCUT2D eigenvalue weighted by Gasteiger charge is -2.11. The molecule has 0 saturated heterocycles. The highest BCUT2D eigenvalue weighted by Gasteiger charge is 2.44. The van der Waals surface area contributed by atoms with Gasteiger partial charge in [0.25, 0.3) is 0 Å². The quantitative estimate of drug-likeness (QED) is 0.808. The Bertz CT molecular complexity index is 319. The van der Waals surface area contributed by atoms with Gasteiger partial charge in [-0.3, -0.25) is 0 Å². The van der Waals surface area contributed by atoms with E-state index < -0.39 is 6.67 Å². The van der Waals surface area contributed by atoms with E-state index in [1.54, 1.807) is 4.57 Å². The summed E-state index contributed by atoms with van der Waals surface area (Å²) in [6, 6.07) is 0. The number of rotatable bonds is 3. The van der Waals surface area contributed by atoms with E-state index >= 15 is 0 Å². The number of hydrogen-bond acceptors (Lipinski definition) is 2. The molecule has 1 aromatic rings. The summed E-state index contributed by atoms with van der Waals surface area (Å²) in [6.07, 6.45) is 3.35. The fraction of sp³-hybridized carbons (Fsp3) is 0.625. The van der Waals surface area contributed by atoms with Crippen molar-refractivity contribution in [2.45, 2.75) is 24.9 Å². The third-order valence-corrected chi connectivity index (χ3v) is 2.65. The van der Waals surface area contributed by atoms with E-state index in [2.05, 4.69) is 4.98 Å². The first-order chi connectivity index (χ1) is 6.17. The molecule has 1 aliphatic carbocycles. The fourth-order valence-corrected chi connectivity index (χ4v) is 1.62. The third-order valence-electron chi connectivity index (χ3n) is 2.35. The van der Waals surface area contributed by atoms with Crippen molar-refractivity contribution in [1.29, 1.82) is 0 Å². The Balaban J connectivity index is 2.34. The fourth-order valence-electron chi connectivity index (χ4n) is 1.41. The Morgan fingerprint density at radius 2 is 2.38 bits per heavy atom. The number of aromatic nitrogens is 2. The molecule has 0 aromatic carbocycles. The maximum atomic E-state index is 12.2. The Hall–Kier alpha value is -0.610. The Kier molecular flexibility index (Phi) is 2.04. The highest BCUT2D eigenvalue weighted by molar-refractivity contribution is 6.29. The molecule has 3 nitrogen and oxygen atoms in total. The van der Waals surface area contributed by atoms with Gasteiger partial charge in [0.1, 0.15) is 17.7 Å². The molecule has 1 fully saturated rings. The molecular weight excluding hydrogens is 193 g/mol. The average Bonchev–Trinajstić information content (AvgIpc) is 2.72. The first-order valence-corrected chi connectivity index (χ1v) is 4.61. The van der Waals surface area contributed by atoms with Crippen LogP contribution in [0.3, 0.4) is 0 Å². The molecule has 0 bridgehead atoms. The first kappa shape index (κ1) is 8.97. The molecule has 0 spiro atoms. The molecule has 0 unspecified atom stereocenters. The van der Waals surface area contributed by atoms with Crippen molar-refractivity contribution >= 4 is 11.6 Å².